The number of hydrogen-bond donors (Lipinski definition) is 2. The number of sulfonamides is 1. The summed E-state index contributed by atoms with van der Waals surface area (Å²) in [7, 11) is -2.36. The fourth-order valence-corrected chi connectivity index (χ4v) is 4.20. The molecule has 8 nitrogen and oxygen atoms in total. The van der Waals surface area contributed by atoms with Crippen LogP contribution in [0.1, 0.15) is 27.2 Å². The highest BCUT2D eigenvalue weighted by atomic mass is 32.2. The highest BCUT2D eigenvalue weighted by molar-refractivity contribution is 7.89. The van der Waals surface area contributed by atoms with Crippen molar-refractivity contribution in [3.05, 3.63) is 83.3 Å². The number of benzene rings is 2. The number of carbonyl (C=O) groups is 2. The summed E-state index contributed by atoms with van der Waals surface area (Å²) in [5, 5.41) is 2.83. The normalized spacial score (nSPS) is 11.2. The van der Waals surface area contributed by atoms with Crippen molar-refractivity contribution >= 4 is 27.5 Å². The molecule has 0 atom stereocenters. The van der Waals surface area contributed by atoms with Crippen LogP contribution in [0.25, 0.3) is 0 Å². The van der Waals surface area contributed by atoms with Crippen molar-refractivity contribution in [3.63, 3.8) is 0 Å². The lowest BCUT2D eigenvalue weighted by molar-refractivity contribution is -0.116. The highest BCUT2D eigenvalue weighted by Crippen LogP contribution is 2.19. The molecule has 1 aromatic heterocycles. The van der Waals surface area contributed by atoms with E-state index in [-0.39, 0.29) is 29.5 Å². The first kappa shape index (κ1) is 23.2. The van der Waals surface area contributed by atoms with Crippen LogP contribution >= 0.6 is 0 Å². The van der Waals surface area contributed by atoms with Crippen LogP contribution < -0.4 is 10.0 Å². The Morgan fingerprint density at radius 2 is 1.69 bits per heavy atom. The Hall–Kier alpha value is -3.43. The predicted molar refractivity (Wildman–Crippen MR) is 121 cm³/mol. The van der Waals surface area contributed by atoms with Crippen LogP contribution in [0.15, 0.2) is 70.2 Å². The predicted octanol–water partition coefficient (Wildman–Crippen LogP) is 3.09. The van der Waals surface area contributed by atoms with Crippen LogP contribution in [0.5, 0.6) is 0 Å². The first-order valence-electron chi connectivity index (χ1n) is 9.91. The van der Waals surface area contributed by atoms with Crippen molar-refractivity contribution in [2.24, 2.45) is 0 Å². The Bertz CT molecular complexity index is 1200. The molecule has 2 aromatic carbocycles. The average molecular weight is 456 g/mol. The third-order valence-electron chi connectivity index (χ3n) is 4.88. The number of aryl methyl sites for hydroxylation is 2. The second kappa shape index (κ2) is 9.80. The van der Waals surface area contributed by atoms with E-state index in [0.29, 0.717) is 11.4 Å². The molecule has 3 aromatic rings. The van der Waals surface area contributed by atoms with Gasteiger partial charge in [0.2, 0.25) is 15.9 Å². The summed E-state index contributed by atoms with van der Waals surface area (Å²) in [6.45, 7) is 3.60. The van der Waals surface area contributed by atoms with Gasteiger partial charge in [-0.1, -0.05) is 24.3 Å². The maximum Gasteiger partial charge on any atom is 0.254 e. The van der Waals surface area contributed by atoms with E-state index >= 15 is 0 Å². The Kier molecular flexibility index (Phi) is 7.12. The summed E-state index contributed by atoms with van der Waals surface area (Å²) in [6.07, 6.45) is 1.45. The standard InChI is InChI=1S/C23H25N3O5S/c1-16-7-4-8-17(2)22(16)25-21(27)15-26(3)23(28)18-9-5-11-20(13-18)32(29,30)24-14-19-10-6-12-31-19/h4-13,24H,14-15H2,1-3H3,(H,25,27). The molecule has 0 fully saturated rings. The minimum atomic E-state index is -3.85. The number of hydrogen-bond acceptors (Lipinski definition) is 5. The van der Waals surface area contributed by atoms with Crippen molar-refractivity contribution in [1.82, 2.24) is 9.62 Å². The number of amides is 2. The van der Waals surface area contributed by atoms with Crippen molar-refractivity contribution < 1.29 is 22.4 Å². The van der Waals surface area contributed by atoms with Crippen molar-refractivity contribution in [2.45, 2.75) is 25.3 Å². The number of likely N-dealkylation sites (N-methyl/N-ethyl adjacent to an activating group) is 1. The molecule has 0 unspecified atom stereocenters. The third kappa shape index (κ3) is 5.63. The van der Waals surface area contributed by atoms with Crippen LogP contribution in [0.4, 0.5) is 5.69 Å². The molecule has 0 spiro atoms. The molecule has 0 aliphatic carbocycles. The smallest absolute Gasteiger partial charge is 0.254 e. The number of nitrogens with zero attached hydrogens (tertiary/aromatic N) is 1. The van der Waals surface area contributed by atoms with Crippen LogP contribution in [-0.4, -0.2) is 38.7 Å². The Morgan fingerprint density at radius 1 is 1.00 bits per heavy atom. The summed E-state index contributed by atoms with van der Waals surface area (Å²) in [4.78, 5) is 26.5. The van der Waals surface area contributed by atoms with Gasteiger partial charge in [0.05, 0.1) is 24.2 Å². The zero-order valence-corrected chi connectivity index (χ0v) is 18.9. The van der Waals surface area contributed by atoms with Crippen LogP contribution in [0, 0.1) is 13.8 Å². The number of anilines is 1. The quantitative estimate of drug-likeness (QED) is 0.543. The maximum absolute atomic E-state index is 12.8. The summed E-state index contributed by atoms with van der Waals surface area (Å²) in [6, 6.07) is 14.7. The molecule has 32 heavy (non-hydrogen) atoms. The van der Waals surface area contributed by atoms with E-state index in [2.05, 4.69) is 10.0 Å². The number of rotatable bonds is 8. The topological polar surface area (TPSA) is 109 Å². The second-order valence-electron chi connectivity index (χ2n) is 7.41. The molecule has 0 saturated carbocycles. The Labute approximate surface area is 187 Å². The lowest BCUT2D eigenvalue weighted by Crippen LogP contribution is -2.35. The SMILES string of the molecule is Cc1cccc(C)c1NC(=O)CN(C)C(=O)c1cccc(S(=O)(=O)NCc2ccco2)c1. The summed E-state index contributed by atoms with van der Waals surface area (Å²) >= 11 is 0. The van der Waals surface area contributed by atoms with E-state index < -0.39 is 15.9 Å². The molecule has 9 heteroatoms. The molecule has 0 bridgehead atoms. The van der Waals surface area contributed by atoms with Gasteiger partial charge >= 0.3 is 0 Å². The zero-order valence-electron chi connectivity index (χ0n) is 18.1. The molecule has 2 N–H and O–H groups in total. The Balaban J connectivity index is 1.67. The summed E-state index contributed by atoms with van der Waals surface area (Å²) in [5.74, 6) is -0.345. The van der Waals surface area contributed by atoms with Gasteiger partial charge in [0.1, 0.15) is 5.76 Å². The molecule has 0 aliphatic rings. The van der Waals surface area contributed by atoms with Gasteiger partial charge in [-0.15, -0.1) is 0 Å². The maximum atomic E-state index is 12.8. The van der Waals surface area contributed by atoms with Gasteiger partial charge in [-0.2, -0.15) is 0 Å². The minimum Gasteiger partial charge on any atom is -0.468 e. The van der Waals surface area contributed by atoms with E-state index in [4.69, 9.17) is 4.42 Å². The lowest BCUT2D eigenvalue weighted by atomic mass is 10.1. The number of para-hydroxylation sites is 1. The molecule has 3 rings (SSSR count). The molecule has 0 radical (unpaired) electrons. The van der Waals surface area contributed by atoms with E-state index in [1.54, 1.807) is 12.1 Å². The average Bonchev–Trinajstić information content (AvgIpc) is 3.28. The fourth-order valence-electron chi connectivity index (χ4n) is 3.16. The molecule has 2 amide bonds. The van der Waals surface area contributed by atoms with Crippen molar-refractivity contribution in [1.29, 1.82) is 0 Å². The van der Waals surface area contributed by atoms with Gasteiger partial charge in [-0.05, 0) is 55.3 Å². The summed E-state index contributed by atoms with van der Waals surface area (Å²) in [5.41, 5.74) is 2.72. The monoisotopic (exact) mass is 455 g/mol. The molecular formula is C23H25N3O5S. The van der Waals surface area contributed by atoms with Gasteiger partial charge < -0.3 is 14.6 Å². The molecule has 1 heterocycles. The van der Waals surface area contributed by atoms with E-state index in [1.807, 2.05) is 32.0 Å². The van der Waals surface area contributed by atoms with E-state index in [0.717, 1.165) is 11.1 Å². The molecule has 0 aliphatic heterocycles. The Morgan fingerprint density at radius 3 is 2.34 bits per heavy atom. The van der Waals surface area contributed by atoms with Gasteiger partial charge in [0, 0.05) is 18.3 Å². The van der Waals surface area contributed by atoms with Crippen LogP contribution in [-0.2, 0) is 21.4 Å². The zero-order chi connectivity index (χ0) is 23.3. The van der Waals surface area contributed by atoms with Gasteiger partial charge in [-0.25, -0.2) is 13.1 Å². The van der Waals surface area contributed by atoms with Crippen LogP contribution in [0.3, 0.4) is 0 Å². The lowest BCUT2D eigenvalue weighted by Gasteiger charge is -2.18. The molecule has 0 saturated heterocycles. The largest absolute Gasteiger partial charge is 0.468 e. The van der Waals surface area contributed by atoms with E-state index in [9.17, 15) is 18.0 Å². The van der Waals surface area contributed by atoms with E-state index in [1.165, 1.54) is 42.5 Å². The van der Waals surface area contributed by atoms with Gasteiger partial charge in [0.15, 0.2) is 0 Å². The minimum absolute atomic E-state index is 0.00803. The fraction of sp³-hybridized carbons (Fsp3) is 0.217. The number of furan rings is 1. The molecular weight excluding hydrogens is 430 g/mol. The van der Waals surface area contributed by atoms with Gasteiger partial charge in [0.25, 0.3) is 5.91 Å². The van der Waals surface area contributed by atoms with Crippen molar-refractivity contribution in [3.8, 4) is 0 Å². The van der Waals surface area contributed by atoms with Crippen LogP contribution in [0.2, 0.25) is 0 Å². The third-order valence-corrected chi connectivity index (χ3v) is 6.28. The van der Waals surface area contributed by atoms with Crippen molar-refractivity contribution in [2.75, 3.05) is 18.9 Å². The number of carbonyl (C=O) groups excluding carboxylic acids is 2. The summed E-state index contributed by atoms with van der Waals surface area (Å²) < 4.78 is 32.7. The highest BCUT2D eigenvalue weighted by Gasteiger charge is 2.20. The number of nitrogens with one attached hydrogen (secondary N) is 2. The first-order chi connectivity index (χ1) is 15.2. The van der Waals surface area contributed by atoms with Gasteiger partial charge in [-0.3, -0.25) is 9.59 Å². The second-order valence-corrected chi connectivity index (χ2v) is 9.17. The first-order valence-corrected chi connectivity index (χ1v) is 11.4. The molecule has 168 valence electrons.